The van der Waals surface area contributed by atoms with Crippen molar-refractivity contribution in [1.82, 2.24) is 9.88 Å². The van der Waals surface area contributed by atoms with Crippen molar-refractivity contribution in [2.45, 2.75) is 13.5 Å². The lowest BCUT2D eigenvalue weighted by molar-refractivity contribution is 0.0750. The van der Waals surface area contributed by atoms with Gasteiger partial charge in [0.25, 0.3) is 5.91 Å². The maximum Gasteiger partial charge on any atom is 0.255 e. The maximum absolute atomic E-state index is 12.5. The summed E-state index contributed by atoms with van der Waals surface area (Å²) in [5, 5.41) is 9.82. The van der Waals surface area contributed by atoms with Crippen LogP contribution in [0.3, 0.4) is 0 Å². The summed E-state index contributed by atoms with van der Waals surface area (Å²) < 4.78 is 0. The molecule has 1 N–H and O–H groups in total. The highest BCUT2D eigenvalue weighted by Crippen LogP contribution is 2.23. The molecule has 0 atom stereocenters. The first-order valence-corrected chi connectivity index (χ1v) is 6.67. The molecule has 0 saturated heterocycles. The van der Waals surface area contributed by atoms with Crippen molar-refractivity contribution in [3.05, 3.63) is 58.9 Å². The smallest absolute Gasteiger partial charge is 0.255 e. The van der Waals surface area contributed by atoms with Gasteiger partial charge in [-0.25, -0.2) is 0 Å². The van der Waals surface area contributed by atoms with Gasteiger partial charge in [-0.05, 0) is 37.3 Å². The number of benzene rings is 1. The van der Waals surface area contributed by atoms with Crippen LogP contribution in [0.1, 0.15) is 23.0 Å². The van der Waals surface area contributed by atoms with Crippen molar-refractivity contribution in [3.63, 3.8) is 0 Å². The van der Waals surface area contributed by atoms with E-state index in [9.17, 15) is 9.90 Å². The largest absolute Gasteiger partial charge is 0.508 e. The number of halogens is 1. The Morgan fingerprint density at radius 3 is 2.80 bits per heavy atom. The second-order valence-electron chi connectivity index (χ2n) is 4.30. The normalized spacial score (nSPS) is 10.3. The zero-order chi connectivity index (χ0) is 14.5. The highest BCUT2D eigenvalue weighted by molar-refractivity contribution is 6.33. The molecule has 1 aromatic heterocycles. The lowest BCUT2D eigenvalue weighted by atomic mass is 10.1. The van der Waals surface area contributed by atoms with Crippen molar-refractivity contribution in [2.75, 3.05) is 6.54 Å². The molecule has 0 radical (unpaired) electrons. The van der Waals surface area contributed by atoms with Crippen LogP contribution in [-0.4, -0.2) is 27.4 Å². The topological polar surface area (TPSA) is 53.4 Å². The zero-order valence-electron chi connectivity index (χ0n) is 11.1. The molecular formula is C15H15ClN2O2. The van der Waals surface area contributed by atoms with Crippen LogP contribution in [0.25, 0.3) is 0 Å². The van der Waals surface area contributed by atoms with Gasteiger partial charge >= 0.3 is 0 Å². The Balaban J connectivity index is 2.23. The molecule has 1 heterocycles. The Hall–Kier alpha value is -2.07. The van der Waals surface area contributed by atoms with Crippen LogP contribution in [-0.2, 0) is 6.54 Å². The van der Waals surface area contributed by atoms with Gasteiger partial charge in [-0.3, -0.25) is 9.78 Å². The Kier molecular flexibility index (Phi) is 4.58. The molecule has 4 nitrogen and oxygen atoms in total. The third-order valence-corrected chi connectivity index (χ3v) is 3.26. The number of carbonyl (C=O) groups excluding carboxylic acids is 1. The van der Waals surface area contributed by atoms with Gasteiger partial charge in [-0.2, -0.15) is 0 Å². The molecule has 104 valence electrons. The number of aromatic hydroxyl groups is 1. The summed E-state index contributed by atoms with van der Waals surface area (Å²) in [7, 11) is 0. The van der Waals surface area contributed by atoms with Crippen LogP contribution in [0.5, 0.6) is 5.75 Å². The monoisotopic (exact) mass is 290 g/mol. The molecule has 0 aliphatic rings. The van der Waals surface area contributed by atoms with Gasteiger partial charge in [0.15, 0.2) is 0 Å². The quantitative estimate of drug-likeness (QED) is 0.941. The van der Waals surface area contributed by atoms with Gasteiger partial charge in [-0.1, -0.05) is 17.7 Å². The minimum absolute atomic E-state index is 0.0200. The molecule has 0 bridgehead atoms. The number of hydrogen-bond acceptors (Lipinski definition) is 3. The van der Waals surface area contributed by atoms with Gasteiger partial charge < -0.3 is 10.0 Å². The lowest BCUT2D eigenvalue weighted by Crippen LogP contribution is -2.30. The third kappa shape index (κ3) is 3.27. The molecule has 0 aliphatic carbocycles. The third-order valence-electron chi connectivity index (χ3n) is 2.93. The molecule has 0 aliphatic heterocycles. The van der Waals surface area contributed by atoms with E-state index in [1.54, 1.807) is 11.1 Å². The van der Waals surface area contributed by atoms with Gasteiger partial charge in [-0.15, -0.1) is 0 Å². The van der Waals surface area contributed by atoms with Gasteiger partial charge in [0, 0.05) is 12.7 Å². The molecule has 2 rings (SSSR count). The SMILES string of the molecule is CCN(Cc1ccccn1)C(=O)c1cc(O)ccc1Cl. The Morgan fingerprint density at radius 1 is 1.35 bits per heavy atom. The molecule has 1 amide bonds. The molecule has 0 spiro atoms. The number of carbonyl (C=O) groups is 1. The molecule has 20 heavy (non-hydrogen) atoms. The van der Waals surface area contributed by atoms with Crippen LogP contribution >= 0.6 is 11.6 Å². The van der Waals surface area contributed by atoms with E-state index in [-0.39, 0.29) is 11.7 Å². The molecule has 2 aromatic rings. The van der Waals surface area contributed by atoms with Crippen molar-refractivity contribution >= 4 is 17.5 Å². The van der Waals surface area contributed by atoms with Crippen LogP contribution < -0.4 is 0 Å². The molecule has 0 fully saturated rings. The summed E-state index contributed by atoms with van der Waals surface area (Å²) in [6.45, 7) is 2.82. The summed E-state index contributed by atoms with van der Waals surface area (Å²) in [5.74, 6) is -0.203. The van der Waals surface area contributed by atoms with Crippen molar-refractivity contribution < 1.29 is 9.90 Å². The van der Waals surface area contributed by atoms with E-state index in [0.29, 0.717) is 23.7 Å². The average molecular weight is 291 g/mol. The van der Waals surface area contributed by atoms with Crippen molar-refractivity contribution in [3.8, 4) is 5.75 Å². The molecule has 0 unspecified atom stereocenters. The summed E-state index contributed by atoms with van der Waals surface area (Å²) in [6, 6.07) is 9.91. The van der Waals surface area contributed by atoms with Gasteiger partial charge in [0.2, 0.25) is 0 Å². The Labute approximate surface area is 122 Å². The van der Waals surface area contributed by atoms with Gasteiger partial charge in [0.05, 0.1) is 22.8 Å². The van der Waals surface area contributed by atoms with E-state index >= 15 is 0 Å². The first-order chi connectivity index (χ1) is 9.61. The highest BCUT2D eigenvalue weighted by Gasteiger charge is 2.18. The van der Waals surface area contributed by atoms with E-state index in [2.05, 4.69) is 4.98 Å². The van der Waals surface area contributed by atoms with Gasteiger partial charge in [0.1, 0.15) is 5.75 Å². The number of amides is 1. The highest BCUT2D eigenvalue weighted by atomic mass is 35.5. The lowest BCUT2D eigenvalue weighted by Gasteiger charge is -2.21. The average Bonchev–Trinajstić information content (AvgIpc) is 2.47. The molecule has 0 saturated carbocycles. The fourth-order valence-electron chi connectivity index (χ4n) is 1.86. The number of rotatable bonds is 4. The predicted octanol–water partition coefficient (Wildman–Crippen LogP) is 3.10. The second kappa shape index (κ2) is 6.39. The fourth-order valence-corrected chi connectivity index (χ4v) is 2.06. The predicted molar refractivity (Wildman–Crippen MR) is 77.8 cm³/mol. The number of pyridine rings is 1. The fraction of sp³-hybridized carbons (Fsp3) is 0.200. The number of phenols is 1. The summed E-state index contributed by atoms with van der Waals surface area (Å²) in [5.41, 5.74) is 1.10. The minimum Gasteiger partial charge on any atom is -0.508 e. The first-order valence-electron chi connectivity index (χ1n) is 6.29. The van der Waals surface area contributed by atoms with E-state index in [4.69, 9.17) is 11.6 Å². The van der Waals surface area contributed by atoms with Crippen LogP contribution in [0.4, 0.5) is 0 Å². The maximum atomic E-state index is 12.5. The second-order valence-corrected chi connectivity index (χ2v) is 4.71. The van der Waals surface area contributed by atoms with E-state index in [1.165, 1.54) is 18.2 Å². The molecular weight excluding hydrogens is 276 g/mol. The zero-order valence-corrected chi connectivity index (χ0v) is 11.8. The minimum atomic E-state index is -0.223. The standard InChI is InChI=1S/C15H15ClN2O2/c1-2-18(10-11-5-3-4-8-17-11)15(20)13-9-12(19)6-7-14(13)16/h3-9,19H,2,10H2,1H3. The van der Waals surface area contributed by atoms with E-state index in [1.807, 2.05) is 25.1 Å². The number of hydrogen-bond donors (Lipinski definition) is 1. The van der Waals surface area contributed by atoms with Crippen LogP contribution in [0, 0.1) is 0 Å². The molecule has 1 aromatic carbocycles. The summed E-state index contributed by atoms with van der Waals surface area (Å²) in [6.07, 6.45) is 1.69. The van der Waals surface area contributed by atoms with E-state index < -0.39 is 0 Å². The molecule has 5 heteroatoms. The van der Waals surface area contributed by atoms with Crippen LogP contribution in [0.15, 0.2) is 42.6 Å². The summed E-state index contributed by atoms with van der Waals surface area (Å²) >= 11 is 6.02. The Bertz CT molecular complexity index is 602. The number of phenolic OH excluding ortho intramolecular Hbond substituents is 1. The number of nitrogens with zero attached hydrogens (tertiary/aromatic N) is 2. The van der Waals surface area contributed by atoms with E-state index in [0.717, 1.165) is 5.69 Å². The summed E-state index contributed by atoms with van der Waals surface area (Å²) in [4.78, 5) is 18.3. The Morgan fingerprint density at radius 2 is 2.15 bits per heavy atom. The van der Waals surface area contributed by atoms with Crippen LogP contribution in [0.2, 0.25) is 5.02 Å². The van der Waals surface area contributed by atoms with Crippen molar-refractivity contribution in [1.29, 1.82) is 0 Å². The number of aromatic nitrogens is 1. The first kappa shape index (κ1) is 14.3. The van der Waals surface area contributed by atoms with Crippen molar-refractivity contribution in [2.24, 2.45) is 0 Å².